The van der Waals surface area contributed by atoms with Crippen LogP contribution in [0.25, 0.3) is 33.1 Å². The van der Waals surface area contributed by atoms with Gasteiger partial charge in [-0.3, -0.25) is 4.98 Å². The summed E-state index contributed by atoms with van der Waals surface area (Å²) in [7, 11) is 1.62. The van der Waals surface area contributed by atoms with E-state index >= 15 is 0 Å². The normalized spacial score (nSPS) is 11.1. The number of hydrogen-bond donors (Lipinski definition) is 1. The quantitative estimate of drug-likeness (QED) is 0.239. The summed E-state index contributed by atoms with van der Waals surface area (Å²) in [5.74, 6) is 1.38. The summed E-state index contributed by atoms with van der Waals surface area (Å²) in [4.78, 5) is 11.1. The van der Waals surface area contributed by atoms with Gasteiger partial charge < -0.3 is 10.1 Å². The van der Waals surface area contributed by atoms with Crippen LogP contribution in [0.5, 0.6) is 5.75 Å². The standard InChI is InChI=1S/C29H20ClN5OS/c1-36-21-16-25-28(32-17-21)26(13-14-31-25)37-22-11-9-20(10-12-22)33-29-24-8-3-2-7-23(24)27(34-35-29)18-5-4-6-19(30)15-18/h2-17H,1H3,(H,33,35). The lowest BCUT2D eigenvalue weighted by atomic mass is 10.0. The number of halogens is 1. The van der Waals surface area contributed by atoms with Crippen molar-refractivity contribution in [2.24, 2.45) is 0 Å². The highest BCUT2D eigenvalue weighted by Crippen LogP contribution is 2.35. The third-order valence-corrected chi connectivity index (χ3v) is 7.17. The molecule has 0 atom stereocenters. The highest BCUT2D eigenvalue weighted by molar-refractivity contribution is 7.99. The van der Waals surface area contributed by atoms with Gasteiger partial charge >= 0.3 is 0 Å². The van der Waals surface area contributed by atoms with Crippen molar-refractivity contribution in [3.63, 3.8) is 0 Å². The molecule has 0 aliphatic rings. The summed E-state index contributed by atoms with van der Waals surface area (Å²) in [6, 6.07) is 27.8. The first-order valence-electron chi connectivity index (χ1n) is 11.5. The van der Waals surface area contributed by atoms with Crippen molar-refractivity contribution in [3.8, 4) is 17.0 Å². The van der Waals surface area contributed by atoms with Crippen LogP contribution in [0.1, 0.15) is 0 Å². The number of ether oxygens (including phenoxy) is 1. The molecule has 6 nitrogen and oxygen atoms in total. The highest BCUT2D eigenvalue weighted by atomic mass is 35.5. The van der Waals surface area contributed by atoms with E-state index in [4.69, 9.17) is 16.3 Å². The molecule has 0 radical (unpaired) electrons. The Bertz CT molecular complexity index is 1740. The van der Waals surface area contributed by atoms with Gasteiger partial charge in [0.15, 0.2) is 5.82 Å². The molecule has 3 aromatic carbocycles. The van der Waals surface area contributed by atoms with Crippen molar-refractivity contribution in [2.75, 3.05) is 12.4 Å². The number of nitrogens with one attached hydrogen (secondary N) is 1. The van der Waals surface area contributed by atoms with E-state index in [1.165, 1.54) is 0 Å². The molecule has 0 spiro atoms. The zero-order chi connectivity index (χ0) is 25.2. The van der Waals surface area contributed by atoms with Gasteiger partial charge in [-0.25, -0.2) is 4.98 Å². The van der Waals surface area contributed by atoms with E-state index < -0.39 is 0 Å². The Labute approximate surface area is 222 Å². The summed E-state index contributed by atoms with van der Waals surface area (Å²) < 4.78 is 5.27. The molecule has 0 amide bonds. The van der Waals surface area contributed by atoms with Gasteiger partial charge in [-0.15, -0.1) is 10.2 Å². The molecule has 37 heavy (non-hydrogen) atoms. The average molecular weight is 522 g/mol. The number of methoxy groups -OCH3 is 1. The van der Waals surface area contributed by atoms with Crippen LogP contribution in [0.4, 0.5) is 11.5 Å². The molecule has 6 rings (SSSR count). The monoisotopic (exact) mass is 521 g/mol. The molecule has 0 bridgehead atoms. The molecule has 0 fully saturated rings. The minimum Gasteiger partial charge on any atom is -0.495 e. The van der Waals surface area contributed by atoms with E-state index in [0.29, 0.717) is 16.6 Å². The van der Waals surface area contributed by atoms with Crippen molar-refractivity contribution in [1.29, 1.82) is 0 Å². The number of rotatable bonds is 6. The maximum Gasteiger partial charge on any atom is 0.161 e. The lowest BCUT2D eigenvalue weighted by Gasteiger charge is -2.12. The highest BCUT2D eigenvalue weighted by Gasteiger charge is 2.12. The van der Waals surface area contributed by atoms with E-state index in [-0.39, 0.29) is 0 Å². The van der Waals surface area contributed by atoms with Crippen LogP contribution in [0, 0.1) is 0 Å². The first-order valence-corrected chi connectivity index (χ1v) is 12.7. The number of hydrogen-bond acceptors (Lipinski definition) is 7. The van der Waals surface area contributed by atoms with Gasteiger partial charge in [-0.05, 0) is 42.5 Å². The van der Waals surface area contributed by atoms with Crippen molar-refractivity contribution in [1.82, 2.24) is 20.2 Å². The Balaban J connectivity index is 1.27. The average Bonchev–Trinajstić information content (AvgIpc) is 2.94. The number of nitrogens with zero attached hydrogens (tertiary/aromatic N) is 4. The van der Waals surface area contributed by atoms with Crippen molar-refractivity contribution in [2.45, 2.75) is 9.79 Å². The maximum atomic E-state index is 6.22. The SMILES string of the molecule is COc1cnc2c(Sc3ccc(Nc4nnc(-c5cccc(Cl)c5)c5ccccc45)cc3)ccnc2c1. The topological polar surface area (TPSA) is 72.8 Å². The second-order valence-electron chi connectivity index (χ2n) is 8.26. The Morgan fingerprint density at radius 1 is 0.838 bits per heavy atom. The van der Waals surface area contributed by atoms with Crippen LogP contribution >= 0.6 is 23.4 Å². The van der Waals surface area contributed by atoms with Crippen LogP contribution in [0.3, 0.4) is 0 Å². The fraction of sp³-hybridized carbons (Fsp3) is 0.0345. The predicted molar refractivity (Wildman–Crippen MR) is 150 cm³/mol. The number of pyridine rings is 2. The maximum absolute atomic E-state index is 6.22. The first-order chi connectivity index (χ1) is 18.2. The second-order valence-corrected chi connectivity index (χ2v) is 9.81. The zero-order valence-electron chi connectivity index (χ0n) is 19.7. The van der Waals surface area contributed by atoms with Crippen LogP contribution in [0.2, 0.25) is 5.02 Å². The van der Waals surface area contributed by atoms with Gasteiger partial charge in [0.2, 0.25) is 0 Å². The smallest absolute Gasteiger partial charge is 0.161 e. The van der Waals surface area contributed by atoms with Crippen molar-refractivity contribution < 1.29 is 4.74 Å². The van der Waals surface area contributed by atoms with E-state index in [9.17, 15) is 0 Å². The first kappa shape index (κ1) is 23.2. The van der Waals surface area contributed by atoms with E-state index in [2.05, 4.69) is 37.6 Å². The third-order valence-electron chi connectivity index (χ3n) is 5.88. The molecule has 3 aromatic heterocycles. The summed E-state index contributed by atoms with van der Waals surface area (Å²) in [6.45, 7) is 0. The fourth-order valence-corrected chi connectivity index (χ4v) is 5.20. The van der Waals surface area contributed by atoms with Crippen LogP contribution < -0.4 is 10.1 Å². The number of anilines is 2. The molecule has 0 saturated heterocycles. The Kier molecular flexibility index (Phi) is 6.30. The van der Waals surface area contributed by atoms with Gasteiger partial charge in [-0.2, -0.15) is 0 Å². The Hall–Kier alpha value is -4.20. The summed E-state index contributed by atoms with van der Waals surface area (Å²) in [5.41, 5.74) is 4.29. The van der Waals surface area contributed by atoms with Crippen LogP contribution in [-0.2, 0) is 0 Å². The number of benzene rings is 3. The molecule has 0 unspecified atom stereocenters. The Morgan fingerprint density at radius 2 is 1.68 bits per heavy atom. The minimum absolute atomic E-state index is 0.666. The lowest BCUT2D eigenvalue weighted by molar-refractivity contribution is 0.413. The molecular weight excluding hydrogens is 502 g/mol. The van der Waals surface area contributed by atoms with E-state index in [1.807, 2.05) is 72.8 Å². The van der Waals surface area contributed by atoms with Crippen molar-refractivity contribution >= 4 is 56.7 Å². The van der Waals surface area contributed by atoms with E-state index in [1.54, 1.807) is 31.3 Å². The Morgan fingerprint density at radius 3 is 2.49 bits per heavy atom. The van der Waals surface area contributed by atoms with Crippen LogP contribution in [-0.4, -0.2) is 27.3 Å². The molecule has 0 aliphatic heterocycles. The summed E-state index contributed by atoms with van der Waals surface area (Å²) in [5, 5.41) is 15.1. The van der Waals surface area contributed by atoms with Gasteiger partial charge in [0, 0.05) is 49.1 Å². The van der Waals surface area contributed by atoms with Gasteiger partial charge in [0.25, 0.3) is 0 Å². The van der Waals surface area contributed by atoms with Crippen LogP contribution in [0.15, 0.2) is 107 Å². The zero-order valence-corrected chi connectivity index (χ0v) is 21.3. The third kappa shape index (κ3) is 4.79. The molecular formula is C29H20ClN5OS. The minimum atomic E-state index is 0.666. The fourth-order valence-electron chi connectivity index (χ4n) is 4.10. The molecule has 180 valence electrons. The van der Waals surface area contributed by atoms with E-state index in [0.717, 1.165) is 48.5 Å². The van der Waals surface area contributed by atoms with Gasteiger partial charge in [-0.1, -0.05) is 59.8 Å². The predicted octanol–water partition coefficient (Wildman–Crippen LogP) is 7.80. The van der Waals surface area contributed by atoms with Gasteiger partial charge in [0.05, 0.1) is 18.8 Å². The number of aromatic nitrogens is 4. The molecule has 3 heterocycles. The van der Waals surface area contributed by atoms with Crippen molar-refractivity contribution in [3.05, 3.63) is 102 Å². The number of fused-ring (bicyclic) bond motifs is 2. The molecule has 0 aliphatic carbocycles. The molecule has 8 heteroatoms. The summed E-state index contributed by atoms with van der Waals surface area (Å²) in [6.07, 6.45) is 3.50. The largest absolute Gasteiger partial charge is 0.495 e. The second kappa shape index (κ2) is 10.0. The van der Waals surface area contributed by atoms with Gasteiger partial charge in [0.1, 0.15) is 17.0 Å². The lowest BCUT2D eigenvalue weighted by Crippen LogP contribution is -1.99. The molecule has 0 saturated carbocycles. The summed E-state index contributed by atoms with van der Waals surface area (Å²) >= 11 is 7.85. The molecule has 1 N–H and O–H groups in total. The molecule has 6 aromatic rings.